The molecule has 0 unspecified atom stereocenters. The summed E-state index contributed by atoms with van der Waals surface area (Å²) in [6.07, 6.45) is 20.2. The molecule has 0 aliphatic carbocycles. The molecule has 0 saturated carbocycles. The van der Waals surface area contributed by atoms with Crippen molar-refractivity contribution in [3.63, 3.8) is 0 Å². The molecule has 26 heavy (non-hydrogen) atoms. The Morgan fingerprint density at radius 1 is 0.692 bits per heavy atom. The zero-order valence-electron chi connectivity index (χ0n) is 17.8. The van der Waals surface area contributed by atoms with Crippen LogP contribution in [-0.4, -0.2) is 28.6 Å². The summed E-state index contributed by atoms with van der Waals surface area (Å²) in [6.45, 7) is 2.27. The Labute approximate surface area is 183 Å². The number of carbonyl (C=O) groups is 1. The molecule has 3 N–H and O–H groups in total. The fourth-order valence-electron chi connectivity index (χ4n) is 2.65. The predicted molar refractivity (Wildman–Crippen MR) is 102 cm³/mol. The SMILES string of the molecule is CCCCCCCCCCCCCCCCCC(=O)O.O=S(=O)(O)O.[H-].[Na+]. The molecule has 0 rings (SSSR count). The van der Waals surface area contributed by atoms with Crippen LogP contribution in [-0.2, 0) is 15.2 Å². The van der Waals surface area contributed by atoms with Gasteiger partial charge < -0.3 is 6.53 Å². The number of rotatable bonds is 16. The number of unbranched alkanes of at least 4 members (excludes halogenated alkanes) is 14. The van der Waals surface area contributed by atoms with Crippen LogP contribution in [0.5, 0.6) is 0 Å². The molecule has 0 fully saturated rings. The van der Waals surface area contributed by atoms with E-state index in [4.69, 9.17) is 22.6 Å². The minimum atomic E-state index is -4.67. The van der Waals surface area contributed by atoms with Gasteiger partial charge in [-0.15, -0.1) is 0 Å². The van der Waals surface area contributed by atoms with E-state index >= 15 is 0 Å². The van der Waals surface area contributed by atoms with Gasteiger partial charge in [0.05, 0.1) is 0 Å². The molecule has 0 atom stereocenters. The zero-order valence-corrected chi connectivity index (χ0v) is 19.6. The molecule has 0 aromatic heterocycles. The van der Waals surface area contributed by atoms with E-state index in [0.29, 0.717) is 6.42 Å². The molecule has 6 nitrogen and oxygen atoms in total. The van der Waals surface area contributed by atoms with E-state index in [1.807, 2.05) is 0 Å². The summed E-state index contributed by atoms with van der Waals surface area (Å²) in [5.41, 5.74) is 0. The zero-order chi connectivity index (χ0) is 19.4. The molecule has 0 amide bonds. The quantitative estimate of drug-likeness (QED) is 0.206. The summed E-state index contributed by atoms with van der Waals surface area (Å²) in [6, 6.07) is 0. The van der Waals surface area contributed by atoms with E-state index in [1.54, 1.807) is 0 Å². The second-order valence-corrected chi connectivity index (χ2v) is 7.44. The maximum Gasteiger partial charge on any atom is 1.00 e. The maximum atomic E-state index is 10.3. The van der Waals surface area contributed by atoms with Crippen LogP contribution in [0.15, 0.2) is 0 Å². The van der Waals surface area contributed by atoms with Crippen LogP contribution in [0, 0.1) is 0 Å². The molecule has 0 aliphatic rings. The van der Waals surface area contributed by atoms with Gasteiger partial charge in [0.2, 0.25) is 0 Å². The van der Waals surface area contributed by atoms with Crippen molar-refractivity contribution in [2.45, 2.75) is 110 Å². The summed E-state index contributed by atoms with van der Waals surface area (Å²) in [7, 11) is -4.67. The van der Waals surface area contributed by atoms with E-state index in [-0.39, 0.29) is 31.0 Å². The van der Waals surface area contributed by atoms with E-state index in [9.17, 15) is 4.79 Å². The fourth-order valence-corrected chi connectivity index (χ4v) is 2.65. The van der Waals surface area contributed by atoms with Crippen molar-refractivity contribution in [3.05, 3.63) is 0 Å². The molecular weight excluding hydrogens is 367 g/mol. The van der Waals surface area contributed by atoms with Gasteiger partial charge in [0, 0.05) is 6.42 Å². The van der Waals surface area contributed by atoms with E-state index < -0.39 is 16.4 Å². The normalized spacial score (nSPS) is 10.6. The average molecular weight is 407 g/mol. The van der Waals surface area contributed by atoms with Crippen molar-refractivity contribution in [1.82, 2.24) is 0 Å². The van der Waals surface area contributed by atoms with Gasteiger partial charge in [-0.2, -0.15) is 8.42 Å². The molecular formula is C18H39NaO6S. The fraction of sp³-hybridized carbons (Fsp3) is 0.944. The first-order chi connectivity index (χ1) is 11.8. The van der Waals surface area contributed by atoms with E-state index in [1.165, 1.54) is 83.5 Å². The monoisotopic (exact) mass is 406 g/mol. The van der Waals surface area contributed by atoms with Crippen LogP contribution in [0.3, 0.4) is 0 Å². The number of aliphatic carboxylic acids is 1. The Hall–Kier alpha value is 0.340. The summed E-state index contributed by atoms with van der Waals surface area (Å²) in [4.78, 5) is 10.3. The molecule has 8 heteroatoms. The third kappa shape index (κ3) is 44.1. The standard InChI is InChI=1S/C18H36O2.Na.H2O4S.H/c1-2-3-4-5-6-7-8-9-10-11-12-13-14-15-16-17-18(19)20;;1-5(2,3)4;/h2-17H2,1H3,(H,19,20);;(H2,1,2,3,4);/q;+1;;-1. The number of hydrogen-bond donors (Lipinski definition) is 3. The Morgan fingerprint density at radius 3 is 1.15 bits per heavy atom. The van der Waals surface area contributed by atoms with Gasteiger partial charge >= 0.3 is 45.9 Å². The second-order valence-electron chi connectivity index (χ2n) is 6.54. The Bertz CT molecular complexity index is 385. The van der Waals surface area contributed by atoms with Crippen LogP contribution in [0.2, 0.25) is 0 Å². The predicted octanol–water partition coefficient (Wildman–Crippen LogP) is 2.80. The van der Waals surface area contributed by atoms with E-state index in [0.717, 1.165) is 12.8 Å². The molecule has 154 valence electrons. The van der Waals surface area contributed by atoms with Crippen molar-refractivity contribution in [2.75, 3.05) is 0 Å². The third-order valence-electron chi connectivity index (χ3n) is 3.99. The number of carboxylic acid groups (broad SMARTS) is 1. The molecule has 0 aromatic carbocycles. The van der Waals surface area contributed by atoms with Crippen LogP contribution >= 0.6 is 0 Å². The van der Waals surface area contributed by atoms with Gasteiger partial charge in [-0.25, -0.2) is 0 Å². The van der Waals surface area contributed by atoms with Crippen LogP contribution in [0.4, 0.5) is 0 Å². The first-order valence-electron chi connectivity index (χ1n) is 9.69. The minimum absolute atomic E-state index is 0. The summed E-state index contributed by atoms with van der Waals surface area (Å²) >= 11 is 0. The average Bonchev–Trinajstić information content (AvgIpc) is 2.49. The smallest absolute Gasteiger partial charge is 1.00 e. The van der Waals surface area contributed by atoms with Gasteiger partial charge in [-0.05, 0) is 6.42 Å². The maximum absolute atomic E-state index is 10.3. The Morgan fingerprint density at radius 2 is 0.923 bits per heavy atom. The molecule has 0 bridgehead atoms. The second kappa shape index (κ2) is 23.4. The molecule has 0 heterocycles. The number of hydrogen-bond acceptors (Lipinski definition) is 3. The minimum Gasteiger partial charge on any atom is -1.00 e. The van der Waals surface area contributed by atoms with Crippen LogP contribution in [0.25, 0.3) is 0 Å². The summed E-state index contributed by atoms with van der Waals surface area (Å²) in [5, 5.41) is 8.52. The van der Waals surface area contributed by atoms with Gasteiger partial charge in [-0.3, -0.25) is 13.9 Å². The Kier molecular flexibility index (Phi) is 27.9. The first kappa shape index (κ1) is 31.0. The summed E-state index contributed by atoms with van der Waals surface area (Å²) < 4.78 is 31.6. The first-order valence-corrected chi connectivity index (χ1v) is 11.1. The molecule has 0 radical (unpaired) electrons. The molecule has 0 aromatic rings. The largest absolute Gasteiger partial charge is 1.00 e. The van der Waals surface area contributed by atoms with E-state index in [2.05, 4.69) is 6.92 Å². The van der Waals surface area contributed by atoms with Crippen LogP contribution in [0.1, 0.15) is 111 Å². The third-order valence-corrected chi connectivity index (χ3v) is 3.99. The van der Waals surface area contributed by atoms with Crippen LogP contribution < -0.4 is 29.6 Å². The Balaban J connectivity index is -0.000000333. The molecule has 0 spiro atoms. The molecule has 0 aliphatic heterocycles. The van der Waals surface area contributed by atoms with Gasteiger partial charge in [0.1, 0.15) is 0 Å². The van der Waals surface area contributed by atoms with Gasteiger partial charge in [0.15, 0.2) is 0 Å². The van der Waals surface area contributed by atoms with Crippen molar-refractivity contribution in [3.8, 4) is 0 Å². The van der Waals surface area contributed by atoms with Gasteiger partial charge in [-0.1, -0.05) is 96.8 Å². The van der Waals surface area contributed by atoms with Gasteiger partial charge in [0.25, 0.3) is 0 Å². The number of carboxylic acids is 1. The molecule has 0 saturated heterocycles. The topological polar surface area (TPSA) is 112 Å². The van der Waals surface area contributed by atoms with Crippen molar-refractivity contribution >= 4 is 16.4 Å². The van der Waals surface area contributed by atoms with Crippen molar-refractivity contribution in [1.29, 1.82) is 0 Å². The summed E-state index contributed by atoms with van der Waals surface area (Å²) in [5.74, 6) is -0.653. The van der Waals surface area contributed by atoms with Crippen molar-refractivity contribution < 1.29 is 58.4 Å². The van der Waals surface area contributed by atoms with Crippen molar-refractivity contribution in [2.24, 2.45) is 0 Å².